The molecule has 1 N–H and O–H groups in total. The Morgan fingerprint density at radius 1 is 1.40 bits per heavy atom. The molecule has 5 heavy (non-hydrogen) atoms. The van der Waals surface area contributed by atoms with Gasteiger partial charge in [-0.1, -0.05) is 0 Å². The van der Waals surface area contributed by atoms with Gasteiger partial charge in [-0.3, -0.25) is 0 Å². The molecule has 0 saturated heterocycles. The normalized spacial score (nSPS) is 2.80. The molecular weight excluding hydrogens is 151 g/mol. The van der Waals surface area contributed by atoms with Gasteiger partial charge in [-0.05, 0) is 0 Å². The van der Waals surface area contributed by atoms with Crippen LogP contribution in [0, 0.1) is 0 Å². The van der Waals surface area contributed by atoms with Gasteiger partial charge in [-0.2, -0.15) is 0 Å². The molecule has 0 atom stereocenters. The predicted molar refractivity (Wildman–Crippen MR) is 9.52 cm³/mol. The number of aliphatic hydroxyl groups is 1. The summed E-state index contributed by atoms with van der Waals surface area (Å²) < 4.78 is 17.1. The molecule has 0 heterocycles. The molecule has 0 fully saturated rings. The Labute approximate surface area is 41.5 Å². The zero-order valence-corrected chi connectivity index (χ0v) is 5.22. The third-order valence-electron chi connectivity index (χ3n) is 0. The molecule has 0 aliphatic heterocycles. The molecule has 0 aromatic rings. The van der Waals surface area contributed by atoms with Gasteiger partial charge in [-0.15, -0.1) is 0 Å². The standard InChI is InChI=1S/CH4O.2O.Zr/c1-2;;;/h2H,1H3;;;. The first-order chi connectivity index (χ1) is 2.41. The van der Waals surface area contributed by atoms with E-state index in [4.69, 9.17) is 10.7 Å². The first kappa shape index (κ1) is 9.06. The molecule has 0 unspecified atom stereocenters. The van der Waals surface area contributed by atoms with Crippen molar-refractivity contribution in [2.24, 2.45) is 0 Å². The van der Waals surface area contributed by atoms with E-state index < -0.39 is 23.2 Å². The van der Waals surface area contributed by atoms with E-state index in [1.54, 1.807) is 0 Å². The molecule has 0 radical (unpaired) electrons. The molecule has 0 saturated carbocycles. The first-order valence-electron chi connectivity index (χ1n) is 0.855. The molecule has 4 heteroatoms. The van der Waals surface area contributed by atoms with Crippen LogP contribution >= 0.6 is 0 Å². The summed E-state index contributed by atoms with van der Waals surface area (Å²) in [7, 11) is 1.00. The fourth-order valence-corrected chi connectivity index (χ4v) is 0. The monoisotopic (exact) mass is 154 g/mol. The van der Waals surface area contributed by atoms with Crippen LogP contribution in [0.5, 0.6) is 0 Å². The van der Waals surface area contributed by atoms with Crippen molar-refractivity contribution >= 4 is 0 Å². The van der Waals surface area contributed by atoms with Crippen LogP contribution < -0.4 is 0 Å². The maximum atomic E-state index is 8.54. The van der Waals surface area contributed by atoms with E-state index in [-0.39, 0.29) is 0 Å². The Kier molecular flexibility index (Phi) is 45.8. The van der Waals surface area contributed by atoms with Crippen molar-refractivity contribution in [3.63, 3.8) is 0 Å². The summed E-state index contributed by atoms with van der Waals surface area (Å²) in [5, 5.41) is 7.00. The van der Waals surface area contributed by atoms with Crippen molar-refractivity contribution in [2.75, 3.05) is 7.11 Å². The van der Waals surface area contributed by atoms with Crippen LogP contribution in [0.25, 0.3) is 0 Å². The van der Waals surface area contributed by atoms with Crippen LogP contribution in [0.4, 0.5) is 0 Å². The Balaban J connectivity index is 0. The summed E-state index contributed by atoms with van der Waals surface area (Å²) in [5.74, 6) is 0. The van der Waals surface area contributed by atoms with Crippen molar-refractivity contribution in [2.45, 2.75) is 0 Å². The summed E-state index contributed by atoms with van der Waals surface area (Å²) in [6.07, 6.45) is 0. The van der Waals surface area contributed by atoms with Crippen LogP contribution in [0.1, 0.15) is 0 Å². The Morgan fingerprint density at radius 2 is 1.40 bits per heavy atom. The number of rotatable bonds is 0. The molecule has 0 aliphatic carbocycles. The van der Waals surface area contributed by atoms with E-state index in [0.29, 0.717) is 0 Å². The topological polar surface area (TPSA) is 54.4 Å². The van der Waals surface area contributed by atoms with Gasteiger partial charge < -0.3 is 5.11 Å². The van der Waals surface area contributed by atoms with Gasteiger partial charge in [-0.25, -0.2) is 0 Å². The Hall–Kier alpha value is 0.443. The fraction of sp³-hybridized carbons (Fsp3) is 1.00. The fourth-order valence-electron chi connectivity index (χ4n) is 0. The number of aliphatic hydroxyl groups excluding tert-OH is 1. The van der Waals surface area contributed by atoms with E-state index in [9.17, 15) is 0 Å². The average molecular weight is 155 g/mol. The van der Waals surface area contributed by atoms with Crippen LogP contribution in [0.15, 0.2) is 0 Å². The summed E-state index contributed by atoms with van der Waals surface area (Å²) in [6, 6.07) is 0. The van der Waals surface area contributed by atoms with Gasteiger partial charge in [0, 0.05) is 7.11 Å². The molecule has 0 bridgehead atoms. The van der Waals surface area contributed by atoms with E-state index in [1.807, 2.05) is 0 Å². The second-order valence-electron chi connectivity index (χ2n) is 0.0833. The number of hydrogen-bond donors (Lipinski definition) is 1. The van der Waals surface area contributed by atoms with Crippen molar-refractivity contribution in [1.29, 1.82) is 0 Å². The van der Waals surface area contributed by atoms with Crippen molar-refractivity contribution < 1.29 is 34.0 Å². The van der Waals surface area contributed by atoms with Gasteiger partial charge in [0.15, 0.2) is 0 Å². The molecular formula is CH4O3Zr. The zero-order valence-electron chi connectivity index (χ0n) is 2.76. The molecule has 0 rings (SSSR count). The summed E-state index contributed by atoms with van der Waals surface area (Å²) in [4.78, 5) is 0. The third-order valence-corrected chi connectivity index (χ3v) is 0. The summed E-state index contributed by atoms with van der Waals surface area (Å²) in [6.45, 7) is 0. The van der Waals surface area contributed by atoms with Gasteiger partial charge in [0.2, 0.25) is 0 Å². The van der Waals surface area contributed by atoms with E-state index in [2.05, 4.69) is 0 Å². The van der Waals surface area contributed by atoms with Crippen LogP contribution in [-0.4, -0.2) is 12.2 Å². The Bertz CT molecular complexity index is 27.9. The number of hydrogen-bond acceptors (Lipinski definition) is 3. The summed E-state index contributed by atoms with van der Waals surface area (Å²) >= 11 is -2.27. The maximum absolute atomic E-state index is 8.54. The van der Waals surface area contributed by atoms with Crippen LogP contribution in [-0.2, 0) is 28.9 Å². The average Bonchev–Trinajstić information content (AvgIpc) is 1.46. The molecule has 0 aromatic carbocycles. The van der Waals surface area contributed by atoms with Gasteiger partial charge in [0.25, 0.3) is 0 Å². The SMILES string of the molecule is CO.[O]=[Zr]=[O]. The van der Waals surface area contributed by atoms with Gasteiger partial charge in [0.1, 0.15) is 0 Å². The molecule has 0 aliphatic rings. The molecule has 30 valence electrons. The molecule has 0 aromatic heterocycles. The third kappa shape index (κ3) is 135. The van der Waals surface area contributed by atoms with Gasteiger partial charge in [0.05, 0.1) is 0 Å². The predicted octanol–water partition coefficient (Wildman–Crippen LogP) is -0.632. The van der Waals surface area contributed by atoms with Crippen LogP contribution in [0.3, 0.4) is 0 Å². The minimum atomic E-state index is -2.27. The van der Waals surface area contributed by atoms with Crippen molar-refractivity contribution in [1.82, 2.24) is 0 Å². The van der Waals surface area contributed by atoms with E-state index in [1.165, 1.54) is 0 Å². The van der Waals surface area contributed by atoms with Crippen molar-refractivity contribution in [3.05, 3.63) is 0 Å². The zero-order chi connectivity index (χ0) is 4.71. The van der Waals surface area contributed by atoms with Crippen molar-refractivity contribution in [3.8, 4) is 0 Å². The Morgan fingerprint density at radius 3 is 1.40 bits per heavy atom. The molecule has 0 spiro atoms. The quantitative estimate of drug-likeness (QED) is 0.506. The molecule has 0 amide bonds. The van der Waals surface area contributed by atoms with Gasteiger partial charge >= 0.3 is 28.9 Å². The van der Waals surface area contributed by atoms with E-state index in [0.717, 1.165) is 7.11 Å². The second kappa shape index (κ2) is 25.3. The first-order valence-corrected chi connectivity index (χ1v) is 2.86. The second-order valence-corrected chi connectivity index (χ2v) is 0.493. The summed E-state index contributed by atoms with van der Waals surface area (Å²) in [5.41, 5.74) is 0. The minimum absolute atomic E-state index is 1.00. The van der Waals surface area contributed by atoms with Crippen LogP contribution in [0.2, 0.25) is 0 Å². The van der Waals surface area contributed by atoms with E-state index >= 15 is 0 Å². The molecule has 3 nitrogen and oxygen atoms in total.